The van der Waals surface area contributed by atoms with Crippen LogP contribution in [0.1, 0.15) is 10.4 Å². The van der Waals surface area contributed by atoms with E-state index in [2.05, 4.69) is 0 Å². The Morgan fingerprint density at radius 1 is 1.11 bits per heavy atom. The van der Waals surface area contributed by atoms with E-state index in [9.17, 15) is 9.18 Å². The van der Waals surface area contributed by atoms with Crippen LogP contribution in [0.2, 0.25) is 0 Å². The third-order valence-electron chi connectivity index (χ3n) is 3.24. The molecule has 1 aliphatic heterocycles. The molecular formula is C15H13FO3. The number of halogens is 1. The lowest BCUT2D eigenvalue weighted by Gasteiger charge is -2.22. The van der Waals surface area contributed by atoms with Crippen LogP contribution in [-0.2, 0) is 9.47 Å². The standard InChI is InChI=1S/C15H13FO3/c16-13-6-5-12(10-3-1-2-4-11(10)13)15(17)14-9-18-7-8-19-14/h1-6,14H,7-9H2. The van der Waals surface area contributed by atoms with Crippen molar-refractivity contribution < 1.29 is 18.7 Å². The van der Waals surface area contributed by atoms with Gasteiger partial charge in [0, 0.05) is 10.9 Å². The fourth-order valence-corrected chi connectivity index (χ4v) is 2.29. The summed E-state index contributed by atoms with van der Waals surface area (Å²) in [7, 11) is 0. The van der Waals surface area contributed by atoms with Crippen LogP contribution in [0.5, 0.6) is 0 Å². The molecule has 2 aromatic rings. The van der Waals surface area contributed by atoms with E-state index < -0.39 is 6.10 Å². The van der Waals surface area contributed by atoms with Crippen molar-refractivity contribution in [3.05, 3.63) is 47.8 Å². The van der Waals surface area contributed by atoms with Crippen LogP contribution in [0, 0.1) is 5.82 Å². The van der Waals surface area contributed by atoms with Crippen LogP contribution in [0.3, 0.4) is 0 Å². The Morgan fingerprint density at radius 3 is 2.63 bits per heavy atom. The topological polar surface area (TPSA) is 35.5 Å². The molecule has 0 bridgehead atoms. The van der Waals surface area contributed by atoms with E-state index in [4.69, 9.17) is 9.47 Å². The second-order valence-corrected chi connectivity index (χ2v) is 4.44. The number of rotatable bonds is 2. The van der Waals surface area contributed by atoms with Crippen LogP contribution < -0.4 is 0 Å². The van der Waals surface area contributed by atoms with Gasteiger partial charge in [0.15, 0.2) is 5.78 Å². The normalized spacial score (nSPS) is 19.5. The number of ketones is 1. The third kappa shape index (κ3) is 2.25. The average molecular weight is 260 g/mol. The molecule has 0 saturated carbocycles. The summed E-state index contributed by atoms with van der Waals surface area (Å²) in [5, 5.41) is 1.06. The summed E-state index contributed by atoms with van der Waals surface area (Å²) < 4.78 is 24.4. The summed E-state index contributed by atoms with van der Waals surface area (Å²) in [5.41, 5.74) is 0.479. The lowest BCUT2D eigenvalue weighted by atomic mass is 9.98. The number of carbonyl (C=O) groups excluding carboxylic acids is 1. The first-order valence-corrected chi connectivity index (χ1v) is 6.18. The van der Waals surface area contributed by atoms with E-state index in [1.165, 1.54) is 12.1 Å². The van der Waals surface area contributed by atoms with Crippen LogP contribution in [0.25, 0.3) is 10.8 Å². The van der Waals surface area contributed by atoms with Gasteiger partial charge in [-0.3, -0.25) is 4.79 Å². The summed E-state index contributed by atoms with van der Waals surface area (Å²) in [4.78, 5) is 12.4. The predicted octanol–water partition coefficient (Wildman–Crippen LogP) is 2.58. The van der Waals surface area contributed by atoms with E-state index >= 15 is 0 Å². The summed E-state index contributed by atoms with van der Waals surface area (Å²) in [5.74, 6) is -0.483. The van der Waals surface area contributed by atoms with Gasteiger partial charge in [0.2, 0.25) is 0 Å². The Bertz CT molecular complexity index is 618. The Kier molecular flexibility index (Phi) is 3.27. The monoisotopic (exact) mass is 260 g/mol. The average Bonchev–Trinajstić information content (AvgIpc) is 2.48. The summed E-state index contributed by atoms with van der Waals surface area (Å²) in [6.45, 7) is 1.17. The molecule has 3 nitrogen and oxygen atoms in total. The van der Waals surface area contributed by atoms with Crippen molar-refractivity contribution in [2.24, 2.45) is 0 Å². The van der Waals surface area contributed by atoms with E-state index in [-0.39, 0.29) is 18.2 Å². The minimum absolute atomic E-state index is 0.157. The molecule has 0 radical (unpaired) electrons. The number of carbonyl (C=O) groups is 1. The molecule has 1 fully saturated rings. The lowest BCUT2D eigenvalue weighted by Crippen LogP contribution is -2.35. The molecule has 3 rings (SSSR count). The molecule has 0 N–H and O–H groups in total. The number of Topliss-reactive ketones (excluding diaryl/α,β-unsaturated/α-hetero) is 1. The van der Waals surface area contributed by atoms with Gasteiger partial charge in [-0.1, -0.05) is 24.3 Å². The fraction of sp³-hybridized carbons (Fsp3) is 0.267. The number of benzene rings is 2. The number of fused-ring (bicyclic) bond motifs is 1. The molecule has 1 aliphatic rings. The van der Waals surface area contributed by atoms with Gasteiger partial charge >= 0.3 is 0 Å². The van der Waals surface area contributed by atoms with Crippen LogP contribution >= 0.6 is 0 Å². The van der Waals surface area contributed by atoms with Crippen molar-refractivity contribution in [2.45, 2.75) is 6.10 Å². The number of hydrogen-bond donors (Lipinski definition) is 0. The molecule has 0 amide bonds. The Labute approximate surface area is 109 Å². The molecule has 4 heteroatoms. The third-order valence-corrected chi connectivity index (χ3v) is 3.24. The maximum Gasteiger partial charge on any atom is 0.194 e. The van der Waals surface area contributed by atoms with Gasteiger partial charge in [-0.05, 0) is 17.5 Å². The minimum Gasteiger partial charge on any atom is -0.376 e. The van der Waals surface area contributed by atoms with Crippen molar-refractivity contribution in [1.29, 1.82) is 0 Å². The minimum atomic E-state index is -0.595. The van der Waals surface area contributed by atoms with Crippen molar-refractivity contribution in [1.82, 2.24) is 0 Å². The zero-order chi connectivity index (χ0) is 13.2. The highest BCUT2D eigenvalue weighted by atomic mass is 19.1. The highest BCUT2D eigenvalue weighted by molar-refractivity contribution is 6.10. The maximum atomic E-state index is 13.7. The molecule has 1 unspecified atom stereocenters. The smallest absolute Gasteiger partial charge is 0.194 e. The van der Waals surface area contributed by atoms with Gasteiger partial charge in [-0.25, -0.2) is 4.39 Å². The Balaban J connectivity index is 2.05. The first-order valence-electron chi connectivity index (χ1n) is 6.18. The van der Waals surface area contributed by atoms with E-state index in [0.717, 1.165) is 0 Å². The van der Waals surface area contributed by atoms with Crippen molar-refractivity contribution >= 4 is 16.6 Å². The Hall–Kier alpha value is -1.78. The first-order chi connectivity index (χ1) is 9.27. The van der Waals surface area contributed by atoms with Crippen LogP contribution in [0.4, 0.5) is 4.39 Å². The van der Waals surface area contributed by atoms with Gasteiger partial charge in [-0.15, -0.1) is 0 Å². The van der Waals surface area contributed by atoms with Crippen LogP contribution in [-0.4, -0.2) is 31.7 Å². The number of ether oxygens (including phenoxy) is 2. The molecule has 0 aliphatic carbocycles. The summed E-state index contributed by atoms with van der Waals surface area (Å²) in [6.07, 6.45) is -0.595. The zero-order valence-electron chi connectivity index (χ0n) is 10.3. The molecule has 19 heavy (non-hydrogen) atoms. The molecular weight excluding hydrogens is 247 g/mol. The second-order valence-electron chi connectivity index (χ2n) is 4.44. The summed E-state index contributed by atoms with van der Waals surface area (Å²) in [6, 6.07) is 9.78. The number of hydrogen-bond acceptors (Lipinski definition) is 3. The van der Waals surface area contributed by atoms with Gasteiger partial charge in [-0.2, -0.15) is 0 Å². The zero-order valence-corrected chi connectivity index (χ0v) is 10.3. The molecule has 1 atom stereocenters. The van der Waals surface area contributed by atoms with Gasteiger partial charge in [0.1, 0.15) is 11.9 Å². The lowest BCUT2D eigenvalue weighted by molar-refractivity contribution is -0.0718. The van der Waals surface area contributed by atoms with Crippen molar-refractivity contribution in [3.63, 3.8) is 0 Å². The largest absolute Gasteiger partial charge is 0.376 e. The second kappa shape index (κ2) is 5.07. The molecule has 0 aromatic heterocycles. The first kappa shape index (κ1) is 12.3. The summed E-state index contributed by atoms with van der Waals surface area (Å²) >= 11 is 0. The highest BCUT2D eigenvalue weighted by Crippen LogP contribution is 2.23. The highest BCUT2D eigenvalue weighted by Gasteiger charge is 2.25. The van der Waals surface area contributed by atoms with Crippen molar-refractivity contribution in [3.8, 4) is 0 Å². The SMILES string of the molecule is O=C(c1ccc(F)c2ccccc12)C1COCCO1. The van der Waals surface area contributed by atoms with Gasteiger partial charge < -0.3 is 9.47 Å². The van der Waals surface area contributed by atoms with Crippen molar-refractivity contribution in [2.75, 3.05) is 19.8 Å². The maximum absolute atomic E-state index is 13.7. The molecule has 98 valence electrons. The Morgan fingerprint density at radius 2 is 1.89 bits per heavy atom. The van der Waals surface area contributed by atoms with E-state index in [1.54, 1.807) is 24.3 Å². The predicted molar refractivity (Wildman–Crippen MR) is 68.8 cm³/mol. The molecule has 2 aromatic carbocycles. The van der Waals surface area contributed by atoms with Crippen LogP contribution in [0.15, 0.2) is 36.4 Å². The molecule has 1 saturated heterocycles. The molecule has 1 heterocycles. The van der Waals surface area contributed by atoms with E-state index in [0.29, 0.717) is 29.5 Å². The fourth-order valence-electron chi connectivity index (χ4n) is 2.29. The van der Waals surface area contributed by atoms with Gasteiger partial charge in [0.25, 0.3) is 0 Å². The quantitative estimate of drug-likeness (QED) is 0.778. The molecule has 0 spiro atoms. The van der Waals surface area contributed by atoms with Gasteiger partial charge in [0.05, 0.1) is 19.8 Å². The van der Waals surface area contributed by atoms with E-state index in [1.807, 2.05) is 0 Å².